The van der Waals surface area contributed by atoms with E-state index in [1.54, 1.807) is 0 Å². The van der Waals surface area contributed by atoms with Gasteiger partial charge >= 0.3 is 5.97 Å². The van der Waals surface area contributed by atoms with E-state index in [1.165, 1.54) is 37.3 Å². The molecule has 0 spiro atoms. The number of para-hydroxylation sites is 1. The van der Waals surface area contributed by atoms with Gasteiger partial charge in [-0.2, -0.15) is 0 Å². The van der Waals surface area contributed by atoms with Crippen LogP contribution < -0.4 is 5.56 Å². The summed E-state index contributed by atoms with van der Waals surface area (Å²) in [5, 5.41) is 9.07. The van der Waals surface area contributed by atoms with Gasteiger partial charge in [-0.05, 0) is 25.1 Å². The Morgan fingerprint density at radius 2 is 1.70 bits per heavy atom. The van der Waals surface area contributed by atoms with Crippen LogP contribution in [0.15, 0.2) is 47.3 Å². The van der Waals surface area contributed by atoms with E-state index in [0.29, 0.717) is 0 Å². The van der Waals surface area contributed by atoms with Gasteiger partial charge in [-0.3, -0.25) is 9.36 Å². The topological polar surface area (TPSA) is 59.3 Å². The molecule has 0 aliphatic rings. The number of carboxylic acids is 1. The highest BCUT2D eigenvalue weighted by molar-refractivity contribution is 6.04. The Kier molecular flexibility index (Phi) is 3.44. The van der Waals surface area contributed by atoms with E-state index in [1.807, 2.05) is 0 Å². The molecular weight excluding hydrogens is 304 g/mol. The molecule has 0 saturated carbocycles. The minimum Gasteiger partial charge on any atom is -0.478 e. The van der Waals surface area contributed by atoms with Crippen LogP contribution in [0.1, 0.15) is 16.1 Å². The van der Waals surface area contributed by atoms with Crippen molar-refractivity contribution >= 4 is 16.7 Å². The maximum Gasteiger partial charge on any atom is 0.338 e. The fourth-order valence-electron chi connectivity index (χ4n) is 2.71. The Morgan fingerprint density at radius 1 is 1.04 bits per heavy atom. The van der Waals surface area contributed by atoms with Gasteiger partial charge in [0.1, 0.15) is 11.6 Å². The van der Waals surface area contributed by atoms with E-state index >= 15 is 0 Å². The summed E-state index contributed by atoms with van der Waals surface area (Å²) in [6.45, 7) is 1.39. The fraction of sp³-hybridized carbons (Fsp3) is 0.0588. The van der Waals surface area contributed by atoms with E-state index in [2.05, 4.69) is 0 Å². The summed E-state index contributed by atoms with van der Waals surface area (Å²) >= 11 is 0. The molecule has 23 heavy (non-hydrogen) atoms. The molecule has 1 heterocycles. The van der Waals surface area contributed by atoms with Crippen LogP contribution in [0, 0.1) is 18.6 Å². The summed E-state index contributed by atoms with van der Waals surface area (Å²) in [6, 6.07) is 9.19. The minimum absolute atomic E-state index is 0.00686. The number of halogens is 2. The van der Waals surface area contributed by atoms with Gasteiger partial charge in [-0.15, -0.1) is 0 Å². The van der Waals surface area contributed by atoms with Gasteiger partial charge < -0.3 is 5.11 Å². The monoisotopic (exact) mass is 315 g/mol. The van der Waals surface area contributed by atoms with Crippen molar-refractivity contribution in [2.45, 2.75) is 6.92 Å². The van der Waals surface area contributed by atoms with E-state index in [9.17, 15) is 23.5 Å². The van der Waals surface area contributed by atoms with E-state index in [0.717, 1.165) is 16.7 Å². The quantitative estimate of drug-likeness (QED) is 0.789. The van der Waals surface area contributed by atoms with Crippen LogP contribution in [0.3, 0.4) is 0 Å². The lowest BCUT2D eigenvalue weighted by Crippen LogP contribution is -2.25. The van der Waals surface area contributed by atoms with Gasteiger partial charge in [0.15, 0.2) is 0 Å². The molecule has 0 unspecified atom stereocenters. The molecule has 116 valence electrons. The maximum atomic E-state index is 14.1. The second kappa shape index (κ2) is 5.31. The lowest BCUT2D eigenvalue weighted by atomic mass is 10.0. The molecule has 0 aliphatic carbocycles. The number of nitrogens with zero attached hydrogens (tertiary/aromatic N) is 1. The van der Waals surface area contributed by atoms with Gasteiger partial charge in [0.25, 0.3) is 5.56 Å². The van der Waals surface area contributed by atoms with Gasteiger partial charge in [0.2, 0.25) is 0 Å². The van der Waals surface area contributed by atoms with Gasteiger partial charge in [0.05, 0.1) is 16.6 Å². The lowest BCUT2D eigenvalue weighted by molar-refractivity contribution is 0.0697. The predicted octanol–water partition coefficient (Wildman–Crippen LogP) is 3.28. The molecule has 3 aromatic rings. The van der Waals surface area contributed by atoms with Crippen LogP contribution in [0.5, 0.6) is 0 Å². The summed E-state index contributed by atoms with van der Waals surface area (Å²) < 4.78 is 29.1. The van der Waals surface area contributed by atoms with Crippen LogP contribution in [0.2, 0.25) is 0 Å². The Morgan fingerprint density at radius 3 is 2.35 bits per heavy atom. The Labute approximate surface area is 129 Å². The van der Waals surface area contributed by atoms with Gasteiger partial charge in [-0.1, -0.05) is 24.3 Å². The summed E-state index contributed by atoms with van der Waals surface area (Å²) in [5.74, 6) is -2.87. The van der Waals surface area contributed by atoms with Crippen molar-refractivity contribution in [2.24, 2.45) is 0 Å². The highest BCUT2D eigenvalue weighted by Crippen LogP contribution is 2.24. The summed E-state index contributed by atoms with van der Waals surface area (Å²) in [7, 11) is 0. The number of benzene rings is 2. The first kappa shape index (κ1) is 14.9. The number of fused-ring (bicyclic) bond motifs is 1. The summed E-state index contributed by atoms with van der Waals surface area (Å²) in [5.41, 5.74) is -1.12. The van der Waals surface area contributed by atoms with Crippen molar-refractivity contribution < 1.29 is 18.7 Å². The highest BCUT2D eigenvalue weighted by atomic mass is 19.1. The zero-order valence-electron chi connectivity index (χ0n) is 12.0. The van der Waals surface area contributed by atoms with Crippen molar-refractivity contribution in [1.82, 2.24) is 4.57 Å². The smallest absolute Gasteiger partial charge is 0.338 e. The van der Waals surface area contributed by atoms with Crippen LogP contribution in [-0.4, -0.2) is 15.6 Å². The minimum atomic E-state index is -1.32. The molecule has 0 saturated heterocycles. The average Bonchev–Trinajstić information content (AvgIpc) is 2.48. The van der Waals surface area contributed by atoms with Crippen LogP contribution in [-0.2, 0) is 0 Å². The Balaban J connectivity index is 2.59. The third-order valence-electron chi connectivity index (χ3n) is 3.70. The Bertz CT molecular complexity index is 1010. The second-order valence-corrected chi connectivity index (χ2v) is 5.02. The molecule has 6 heteroatoms. The van der Waals surface area contributed by atoms with Crippen molar-refractivity contribution in [3.63, 3.8) is 0 Å². The predicted molar refractivity (Wildman–Crippen MR) is 81.2 cm³/mol. The summed E-state index contributed by atoms with van der Waals surface area (Å²) in [6.07, 6.45) is 0. The average molecular weight is 315 g/mol. The normalized spacial score (nSPS) is 10.9. The molecular formula is C17H11F2NO3. The largest absolute Gasteiger partial charge is 0.478 e. The number of aromatic carboxylic acids is 1. The first-order chi connectivity index (χ1) is 10.9. The number of hydrogen-bond acceptors (Lipinski definition) is 2. The zero-order valence-corrected chi connectivity index (χ0v) is 12.0. The Hall–Kier alpha value is -3.02. The maximum absolute atomic E-state index is 14.1. The van der Waals surface area contributed by atoms with Crippen LogP contribution >= 0.6 is 0 Å². The molecule has 3 rings (SSSR count). The molecule has 1 N–H and O–H groups in total. The van der Waals surface area contributed by atoms with Gasteiger partial charge in [-0.25, -0.2) is 13.6 Å². The second-order valence-electron chi connectivity index (χ2n) is 5.02. The van der Waals surface area contributed by atoms with Crippen LogP contribution in [0.4, 0.5) is 8.78 Å². The zero-order chi connectivity index (χ0) is 16.7. The number of aromatic nitrogens is 1. The van der Waals surface area contributed by atoms with Gasteiger partial charge in [0, 0.05) is 11.1 Å². The number of pyridine rings is 1. The van der Waals surface area contributed by atoms with Crippen LogP contribution in [0.25, 0.3) is 16.5 Å². The SMILES string of the molecule is Cc1c(C(=O)O)c2cccc(F)c2c(=O)n1-c1ccccc1F. The number of rotatable bonds is 2. The van der Waals surface area contributed by atoms with E-state index in [4.69, 9.17) is 0 Å². The standard InChI is InChI=1S/C17H11F2NO3/c1-9-14(17(22)23)10-5-4-7-12(19)15(10)16(21)20(9)13-8-3-2-6-11(13)18/h2-8H,1H3,(H,22,23). The number of carbonyl (C=O) groups is 1. The number of hydrogen-bond donors (Lipinski definition) is 1. The molecule has 0 amide bonds. The molecule has 4 nitrogen and oxygen atoms in total. The summed E-state index contributed by atoms with van der Waals surface area (Å²) in [4.78, 5) is 24.3. The molecule has 1 aromatic heterocycles. The van der Waals surface area contributed by atoms with Crippen molar-refractivity contribution in [3.8, 4) is 5.69 Å². The van der Waals surface area contributed by atoms with Crippen molar-refractivity contribution in [2.75, 3.05) is 0 Å². The number of carboxylic acid groups (broad SMARTS) is 1. The van der Waals surface area contributed by atoms with Crippen molar-refractivity contribution in [1.29, 1.82) is 0 Å². The molecule has 0 atom stereocenters. The first-order valence-electron chi connectivity index (χ1n) is 6.75. The molecule has 2 aromatic carbocycles. The van der Waals surface area contributed by atoms with E-state index < -0.39 is 23.2 Å². The third kappa shape index (κ3) is 2.19. The first-order valence-corrected chi connectivity index (χ1v) is 6.75. The molecule has 0 aliphatic heterocycles. The third-order valence-corrected chi connectivity index (χ3v) is 3.70. The molecule has 0 bridgehead atoms. The van der Waals surface area contributed by atoms with E-state index in [-0.39, 0.29) is 27.7 Å². The molecule has 0 radical (unpaired) electrons. The lowest BCUT2D eigenvalue weighted by Gasteiger charge is -2.16. The van der Waals surface area contributed by atoms with Crippen molar-refractivity contribution in [3.05, 3.63) is 75.7 Å². The fourth-order valence-corrected chi connectivity index (χ4v) is 2.71. The molecule has 0 fully saturated rings. The highest BCUT2D eigenvalue weighted by Gasteiger charge is 2.22.